The highest BCUT2D eigenvalue weighted by molar-refractivity contribution is 7.97. The van der Waals surface area contributed by atoms with Crippen molar-refractivity contribution in [1.29, 1.82) is 0 Å². The van der Waals surface area contributed by atoms with Crippen LogP contribution in [0.1, 0.15) is 19.8 Å². The maximum atomic E-state index is 11.4. The van der Waals surface area contributed by atoms with Crippen LogP contribution in [0, 0.1) is 0 Å². The van der Waals surface area contributed by atoms with Gasteiger partial charge in [0.2, 0.25) is 0 Å². The average molecular weight is 452 g/mol. The number of ether oxygens (including phenoxy) is 2. The van der Waals surface area contributed by atoms with Crippen LogP contribution in [-0.4, -0.2) is 42.7 Å². The molecule has 0 aromatic heterocycles. The Bertz CT molecular complexity index is 954. The lowest BCUT2D eigenvalue weighted by Crippen LogP contribution is -2.21. The number of hydrogen-bond acceptors (Lipinski definition) is 6. The van der Waals surface area contributed by atoms with Crippen LogP contribution in [0.5, 0.6) is 5.75 Å². The van der Waals surface area contributed by atoms with E-state index in [2.05, 4.69) is 24.3 Å². The van der Waals surface area contributed by atoms with Crippen molar-refractivity contribution in [3.8, 4) is 5.75 Å². The van der Waals surface area contributed by atoms with Crippen LogP contribution in [-0.2, 0) is 25.7 Å². The third-order valence-corrected chi connectivity index (χ3v) is 7.01. The average Bonchev–Trinajstić information content (AvgIpc) is 3.14. The fraction of sp³-hybridized carbons (Fsp3) is 0.389. The Hall–Kier alpha value is -1.98. The van der Waals surface area contributed by atoms with Gasteiger partial charge < -0.3 is 14.0 Å². The van der Waals surface area contributed by atoms with Crippen molar-refractivity contribution in [2.24, 2.45) is 0 Å². The van der Waals surface area contributed by atoms with Crippen molar-refractivity contribution in [2.75, 3.05) is 18.1 Å². The molecule has 1 heterocycles. The van der Waals surface area contributed by atoms with E-state index in [4.69, 9.17) is 22.4 Å². The molecule has 3 rings (SSSR count). The summed E-state index contributed by atoms with van der Waals surface area (Å²) in [7, 11) is -5.71. The van der Waals surface area contributed by atoms with Gasteiger partial charge in [0.15, 0.2) is 15.0 Å². The van der Waals surface area contributed by atoms with Gasteiger partial charge in [-0.2, -0.15) is 13.2 Å². The highest BCUT2D eigenvalue weighted by atomic mass is 32.2. The minimum atomic E-state index is -6.09. The zero-order valence-corrected chi connectivity index (χ0v) is 17.0. The quantitative estimate of drug-likeness (QED) is 0.228. The number of alkyl halides is 3. The Kier molecular flexibility index (Phi) is 7.78. The number of benzene rings is 2. The van der Waals surface area contributed by atoms with E-state index in [1.807, 2.05) is 12.1 Å². The predicted octanol–water partition coefficient (Wildman–Crippen LogP) is 4.20. The van der Waals surface area contributed by atoms with Crippen LogP contribution in [0.2, 0.25) is 0 Å². The van der Waals surface area contributed by atoms with Gasteiger partial charge in [0.25, 0.3) is 0 Å². The molecule has 2 aromatic carbocycles. The molecule has 0 bridgehead atoms. The molecule has 0 aliphatic carbocycles. The number of carbonyl (C=O) groups excluding carboxylic acids is 1. The Balaban J connectivity index is 0.000000321. The van der Waals surface area contributed by atoms with E-state index < -0.39 is 21.8 Å². The van der Waals surface area contributed by atoms with Crippen LogP contribution in [0.4, 0.5) is 18.0 Å². The first-order valence-corrected chi connectivity index (χ1v) is 11.6. The Morgan fingerprint density at radius 1 is 1.17 bits per heavy atom. The normalized spacial score (nSPS) is 14.9. The summed E-state index contributed by atoms with van der Waals surface area (Å²) in [5, 5.41) is 2.40. The standard InChI is InChI=1S/C17H19O3S.CHF3O3S/c1-2-19-17(18)20-14-8-9-15-13(12-14)6-5-7-16(15)21-10-3-4-11-21;2-1(3,4)8(5,6)7/h5-9,12H,2-4,10-11H2,1H3;(H,5,6,7)/q+1;/p-1. The molecule has 1 aliphatic rings. The second-order valence-electron chi connectivity index (χ2n) is 5.93. The summed E-state index contributed by atoms with van der Waals surface area (Å²) < 4.78 is 68.9. The maximum Gasteiger partial charge on any atom is 0.513 e. The molecule has 0 N–H and O–H groups in total. The van der Waals surface area contributed by atoms with E-state index in [1.54, 1.807) is 6.92 Å². The van der Waals surface area contributed by atoms with E-state index in [0.29, 0.717) is 23.3 Å². The number of halogens is 3. The van der Waals surface area contributed by atoms with Crippen molar-refractivity contribution >= 4 is 37.9 Å². The van der Waals surface area contributed by atoms with E-state index >= 15 is 0 Å². The monoisotopic (exact) mass is 452 g/mol. The highest BCUT2D eigenvalue weighted by Crippen LogP contribution is 2.31. The van der Waals surface area contributed by atoms with E-state index in [-0.39, 0.29) is 0 Å². The van der Waals surface area contributed by atoms with Gasteiger partial charge in [-0.25, -0.2) is 13.2 Å². The molecule has 0 radical (unpaired) electrons. The fourth-order valence-corrected chi connectivity index (χ4v) is 5.18. The molecule has 2 aromatic rings. The molecular formula is C18H19F3O6S2. The first-order chi connectivity index (χ1) is 13.5. The lowest BCUT2D eigenvalue weighted by Gasteiger charge is -2.08. The molecule has 1 aliphatic heterocycles. The highest BCUT2D eigenvalue weighted by Gasteiger charge is 2.37. The summed E-state index contributed by atoms with van der Waals surface area (Å²) >= 11 is 0. The number of fused-ring (bicyclic) bond motifs is 1. The zero-order chi connectivity index (χ0) is 21.7. The molecule has 1 fully saturated rings. The van der Waals surface area contributed by atoms with Gasteiger partial charge >= 0.3 is 11.7 Å². The molecule has 29 heavy (non-hydrogen) atoms. The summed E-state index contributed by atoms with van der Waals surface area (Å²) in [6.45, 7) is 2.08. The van der Waals surface area contributed by atoms with Gasteiger partial charge in [-0.3, -0.25) is 0 Å². The smallest absolute Gasteiger partial charge is 0.513 e. The number of carbonyl (C=O) groups is 1. The SMILES string of the molecule is CCOC(=O)Oc1ccc2c([S+]3CCCC3)cccc2c1.O=S(=O)([O-])C(F)(F)F. The third-order valence-electron chi connectivity index (χ3n) is 3.90. The van der Waals surface area contributed by atoms with Gasteiger partial charge in [0, 0.05) is 16.3 Å². The van der Waals surface area contributed by atoms with Crippen molar-refractivity contribution in [1.82, 2.24) is 0 Å². The van der Waals surface area contributed by atoms with Gasteiger partial charge in [0.1, 0.15) is 17.3 Å². The van der Waals surface area contributed by atoms with E-state index in [0.717, 1.165) is 5.39 Å². The van der Waals surface area contributed by atoms with Crippen molar-refractivity contribution in [3.63, 3.8) is 0 Å². The molecule has 0 spiro atoms. The van der Waals surface area contributed by atoms with Crippen molar-refractivity contribution < 1.29 is 40.4 Å². The lowest BCUT2D eigenvalue weighted by atomic mass is 10.1. The summed E-state index contributed by atoms with van der Waals surface area (Å²) in [6.07, 6.45) is 2.03. The molecule has 0 amide bonds. The Morgan fingerprint density at radius 3 is 2.34 bits per heavy atom. The first kappa shape index (κ1) is 23.3. The van der Waals surface area contributed by atoms with Gasteiger partial charge in [-0.1, -0.05) is 12.1 Å². The minimum Gasteiger partial charge on any atom is -0.741 e. The van der Waals surface area contributed by atoms with Crippen LogP contribution < -0.4 is 4.74 Å². The molecule has 0 saturated carbocycles. The number of rotatable bonds is 3. The van der Waals surface area contributed by atoms with Crippen LogP contribution in [0.3, 0.4) is 0 Å². The third kappa shape index (κ3) is 6.51. The summed E-state index contributed by atoms with van der Waals surface area (Å²) in [5.41, 5.74) is -5.65. The molecule has 160 valence electrons. The van der Waals surface area contributed by atoms with Crippen LogP contribution in [0.15, 0.2) is 41.3 Å². The van der Waals surface area contributed by atoms with Crippen LogP contribution >= 0.6 is 0 Å². The molecule has 0 unspecified atom stereocenters. The van der Waals surface area contributed by atoms with Gasteiger partial charge in [0.05, 0.1) is 6.61 Å². The zero-order valence-electron chi connectivity index (χ0n) is 15.4. The Labute approximate surface area is 169 Å². The molecule has 11 heteroatoms. The summed E-state index contributed by atoms with van der Waals surface area (Å²) in [4.78, 5) is 12.8. The molecule has 1 saturated heterocycles. The fourth-order valence-electron chi connectivity index (χ4n) is 2.67. The second kappa shape index (κ2) is 9.68. The largest absolute Gasteiger partial charge is 0.741 e. The topological polar surface area (TPSA) is 92.7 Å². The minimum absolute atomic E-state index is 0.319. The van der Waals surface area contributed by atoms with E-state index in [9.17, 15) is 18.0 Å². The first-order valence-electron chi connectivity index (χ1n) is 8.60. The molecule has 6 nitrogen and oxygen atoms in total. The number of hydrogen-bond donors (Lipinski definition) is 0. The van der Waals surface area contributed by atoms with Crippen molar-refractivity contribution in [2.45, 2.75) is 30.2 Å². The van der Waals surface area contributed by atoms with Gasteiger partial charge in [-0.15, -0.1) is 0 Å². The second-order valence-corrected chi connectivity index (χ2v) is 9.55. The van der Waals surface area contributed by atoms with Crippen molar-refractivity contribution in [3.05, 3.63) is 36.4 Å². The van der Waals surface area contributed by atoms with Crippen LogP contribution in [0.25, 0.3) is 10.8 Å². The predicted molar refractivity (Wildman–Crippen MR) is 102 cm³/mol. The maximum absolute atomic E-state index is 11.4. The molecule has 0 atom stereocenters. The lowest BCUT2D eigenvalue weighted by molar-refractivity contribution is -0.0517. The Morgan fingerprint density at radius 2 is 1.79 bits per heavy atom. The van der Waals surface area contributed by atoms with Gasteiger partial charge in [-0.05, 0) is 49.4 Å². The molecular weight excluding hydrogens is 433 g/mol. The summed E-state index contributed by atoms with van der Waals surface area (Å²) in [6, 6.07) is 12.2. The van der Waals surface area contributed by atoms with E-state index in [1.165, 1.54) is 34.6 Å². The summed E-state index contributed by atoms with van der Waals surface area (Å²) in [5.74, 6) is 3.15.